The fourth-order valence-corrected chi connectivity index (χ4v) is 4.02. The Morgan fingerprint density at radius 3 is 2.45 bits per heavy atom. The van der Waals surface area contributed by atoms with Crippen molar-refractivity contribution in [2.45, 2.75) is 31.5 Å². The van der Waals surface area contributed by atoms with Crippen LogP contribution < -0.4 is 11.1 Å². The second kappa shape index (κ2) is 8.53. The van der Waals surface area contributed by atoms with Crippen LogP contribution in [0.15, 0.2) is 48.7 Å². The number of carboxylic acid groups (broad SMARTS) is 1. The van der Waals surface area contributed by atoms with Crippen molar-refractivity contribution < 1.29 is 27.9 Å². The zero-order chi connectivity index (χ0) is 23.8. The Kier molecular flexibility index (Phi) is 5.75. The van der Waals surface area contributed by atoms with E-state index < -0.39 is 23.6 Å². The molecule has 170 valence electrons. The zero-order valence-electron chi connectivity index (χ0n) is 17.2. The molecule has 1 heterocycles. The summed E-state index contributed by atoms with van der Waals surface area (Å²) in [6.45, 7) is 0. The number of hydrogen-bond acceptors (Lipinski definition) is 5. The van der Waals surface area contributed by atoms with E-state index in [2.05, 4.69) is 15.3 Å². The third kappa shape index (κ3) is 4.64. The van der Waals surface area contributed by atoms with Gasteiger partial charge in [0.25, 0.3) is 0 Å². The molecule has 1 aliphatic carbocycles. The van der Waals surface area contributed by atoms with Crippen LogP contribution in [0.2, 0.25) is 0 Å². The maximum atomic E-state index is 12.8. The molecule has 0 spiro atoms. The number of carboxylic acids is 1. The van der Waals surface area contributed by atoms with Crippen LogP contribution in [0.5, 0.6) is 0 Å². The van der Waals surface area contributed by atoms with Crippen LogP contribution in [0.1, 0.15) is 43.8 Å². The number of nitrogens with two attached hydrogens (primary N) is 1. The van der Waals surface area contributed by atoms with Crippen LogP contribution in [0.4, 0.5) is 19.1 Å². The fourth-order valence-electron chi connectivity index (χ4n) is 4.02. The summed E-state index contributed by atoms with van der Waals surface area (Å²) >= 11 is 0. The van der Waals surface area contributed by atoms with E-state index in [1.807, 2.05) is 0 Å². The molecule has 2 aromatic carbocycles. The molecule has 1 amide bonds. The number of primary amides is 1. The molecule has 1 atom stereocenters. The summed E-state index contributed by atoms with van der Waals surface area (Å²) in [5.74, 6) is -1.75. The number of anilines is 1. The van der Waals surface area contributed by atoms with E-state index in [1.54, 1.807) is 12.1 Å². The number of benzene rings is 2. The van der Waals surface area contributed by atoms with Gasteiger partial charge in [-0.05, 0) is 54.7 Å². The van der Waals surface area contributed by atoms with Gasteiger partial charge in [-0.15, -0.1) is 0 Å². The normalized spacial score (nSPS) is 15.5. The molecule has 0 fully saturated rings. The predicted octanol–water partition coefficient (Wildman–Crippen LogP) is 3.93. The van der Waals surface area contributed by atoms with Crippen LogP contribution in [-0.2, 0) is 19.0 Å². The SMILES string of the molecule is NC(=O)c1c(C(=O)O)ccc2c1CC(Nc1nccc(-c3ccc(C(F)(F)F)cc3)n1)CC2. The first-order chi connectivity index (χ1) is 15.6. The highest BCUT2D eigenvalue weighted by Crippen LogP contribution is 2.31. The highest BCUT2D eigenvalue weighted by Gasteiger charge is 2.30. The lowest BCUT2D eigenvalue weighted by atomic mass is 9.83. The van der Waals surface area contributed by atoms with E-state index in [9.17, 15) is 27.9 Å². The van der Waals surface area contributed by atoms with Crippen molar-refractivity contribution in [3.05, 3.63) is 76.5 Å². The van der Waals surface area contributed by atoms with Gasteiger partial charge in [0.05, 0.1) is 22.4 Å². The van der Waals surface area contributed by atoms with Crippen molar-refractivity contribution in [1.82, 2.24) is 9.97 Å². The van der Waals surface area contributed by atoms with Gasteiger partial charge in [-0.25, -0.2) is 14.8 Å². The van der Waals surface area contributed by atoms with Crippen molar-refractivity contribution in [3.8, 4) is 11.3 Å². The number of alkyl halides is 3. The Morgan fingerprint density at radius 2 is 1.82 bits per heavy atom. The number of hydrogen-bond donors (Lipinski definition) is 3. The summed E-state index contributed by atoms with van der Waals surface area (Å²) < 4.78 is 38.4. The largest absolute Gasteiger partial charge is 0.478 e. The number of fused-ring (bicyclic) bond motifs is 1. The number of amides is 1. The van der Waals surface area contributed by atoms with Gasteiger partial charge in [-0.2, -0.15) is 13.2 Å². The molecule has 4 N–H and O–H groups in total. The smallest absolute Gasteiger partial charge is 0.416 e. The summed E-state index contributed by atoms with van der Waals surface area (Å²) in [6, 6.07) is 9.17. The second-order valence-corrected chi connectivity index (χ2v) is 7.72. The van der Waals surface area contributed by atoms with Gasteiger partial charge in [0.15, 0.2) is 0 Å². The number of halogens is 3. The third-order valence-electron chi connectivity index (χ3n) is 5.60. The molecular weight excluding hydrogens is 437 g/mol. The number of aromatic nitrogens is 2. The highest BCUT2D eigenvalue weighted by molar-refractivity contribution is 6.05. The van der Waals surface area contributed by atoms with Gasteiger partial charge in [0, 0.05) is 17.8 Å². The maximum Gasteiger partial charge on any atom is 0.416 e. The first kappa shape index (κ1) is 22.3. The lowest BCUT2D eigenvalue weighted by Crippen LogP contribution is -2.31. The molecular formula is C23H19F3N4O3. The van der Waals surface area contributed by atoms with Crippen molar-refractivity contribution in [2.24, 2.45) is 5.73 Å². The lowest BCUT2D eigenvalue weighted by Gasteiger charge is -2.27. The van der Waals surface area contributed by atoms with Crippen LogP contribution in [0.25, 0.3) is 11.3 Å². The van der Waals surface area contributed by atoms with Crippen LogP contribution in [-0.4, -0.2) is 33.0 Å². The minimum Gasteiger partial charge on any atom is -0.478 e. The standard InChI is InChI=1S/C23H19F3N4O3/c24-23(25,26)14-5-1-13(2-6-14)18-9-10-28-22(30-18)29-15-7-3-12-4-8-16(21(32)33)19(20(27)31)17(12)11-15/h1-2,4-6,8-10,15H,3,7,11H2,(H2,27,31)(H,32,33)(H,28,29,30). The first-order valence-electron chi connectivity index (χ1n) is 10.1. The van der Waals surface area contributed by atoms with E-state index in [0.717, 1.165) is 17.7 Å². The number of carbonyl (C=O) groups is 2. The van der Waals surface area contributed by atoms with Gasteiger partial charge >= 0.3 is 12.1 Å². The molecule has 0 radical (unpaired) electrons. The highest BCUT2D eigenvalue weighted by atomic mass is 19.4. The summed E-state index contributed by atoms with van der Waals surface area (Å²) in [5, 5.41) is 12.6. The Balaban J connectivity index is 1.57. The zero-order valence-corrected chi connectivity index (χ0v) is 17.2. The number of nitrogens with zero attached hydrogens (tertiary/aromatic N) is 2. The Labute approximate surface area is 186 Å². The Morgan fingerprint density at radius 1 is 1.09 bits per heavy atom. The molecule has 4 rings (SSSR count). The van der Waals surface area contributed by atoms with Gasteiger partial charge < -0.3 is 16.2 Å². The molecule has 0 aliphatic heterocycles. The average molecular weight is 456 g/mol. The van der Waals surface area contributed by atoms with E-state index in [4.69, 9.17) is 5.73 Å². The second-order valence-electron chi connectivity index (χ2n) is 7.72. The van der Waals surface area contributed by atoms with Crippen molar-refractivity contribution in [2.75, 3.05) is 5.32 Å². The molecule has 3 aromatic rings. The number of aryl methyl sites for hydroxylation is 1. The molecule has 10 heteroatoms. The van der Waals surface area contributed by atoms with E-state index in [1.165, 1.54) is 24.4 Å². The number of nitrogens with one attached hydrogen (secondary N) is 1. The van der Waals surface area contributed by atoms with Crippen LogP contribution >= 0.6 is 0 Å². The van der Waals surface area contributed by atoms with Crippen molar-refractivity contribution >= 4 is 17.8 Å². The number of carbonyl (C=O) groups excluding carboxylic acids is 1. The summed E-state index contributed by atoms with van der Waals surface area (Å²) in [5.41, 5.74) is 7.01. The van der Waals surface area contributed by atoms with Gasteiger partial charge in [-0.3, -0.25) is 4.79 Å². The van der Waals surface area contributed by atoms with Gasteiger partial charge in [-0.1, -0.05) is 18.2 Å². The van der Waals surface area contributed by atoms with Crippen molar-refractivity contribution in [3.63, 3.8) is 0 Å². The van der Waals surface area contributed by atoms with Gasteiger partial charge in [0.2, 0.25) is 11.9 Å². The first-order valence-corrected chi connectivity index (χ1v) is 10.1. The van der Waals surface area contributed by atoms with Crippen molar-refractivity contribution in [1.29, 1.82) is 0 Å². The molecule has 1 unspecified atom stereocenters. The van der Waals surface area contributed by atoms with Gasteiger partial charge in [0.1, 0.15) is 0 Å². The fraction of sp³-hybridized carbons (Fsp3) is 0.217. The quantitative estimate of drug-likeness (QED) is 0.536. The number of aromatic carboxylic acids is 1. The molecule has 7 nitrogen and oxygen atoms in total. The summed E-state index contributed by atoms with van der Waals surface area (Å²) in [6.07, 6.45) is -1.28. The van der Waals surface area contributed by atoms with Crippen LogP contribution in [0, 0.1) is 0 Å². The lowest BCUT2D eigenvalue weighted by molar-refractivity contribution is -0.137. The molecule has 33 heavy (non-hydrogen) atoms. The predicted molar refractivity (Wildman–Crippen MR) is 114 cm³/mol. The minimum atomic E-state index is -4.42. The summed E-state index contributed by atoms with van der Waals surface area (Å²) in [4.78, 5) is 32.1. The molecule has 1 aromatic heterocycles. The summed E-state index contributed by atoms with van der Waals surface area (Å²) in [7, 11) is 0. The van der Waals surface area contributed by atoms with E-state index in [-0.39, 0.29) is 23.1 Å². The minimum absolute atomic E-state index is 0.00548. The Bertz CT molecular complexity index is 1230. The Hall–Kier alpha value is -3.95. The monoisotopic (exact) mass is 456 g/mol. The molecule has 0 bridgehead atoms. The number of rotatable bonds is 5. The maximum absolute atomic E-state index is 12.8. The third-order valence-corrected chi connectivity index (χ3v) is 5.60. The molecule has 0 saturated heterocycles. The van der Waals surface area contributed by atoms with Crippen LogP contribution in [0.3, 0.4) is 0 Å². The van der Waals surface area contributed by atoms with E-state index >= 15 is 0 Å². The topological polar surface area (TPSA) is 118 Å². The molecule has 1 aliphatic rings. The average Bonchev–Trinajstić information content (AvgIpc) is 2.77. The molecule has 0 saturated carbocycles. The van der Waals surface area contributed by atoms with E-state index in [0.29, 0.717) is 36.1 Å².